The molecule has 0 aromatic carbocycles. The Kier molecular flexibility index (Phi) is 9.62. The van der Waals surface area contributed by atoms with E-state index in [4.69, 9.17) is 0 Å². The molecule has 15 heteroatoms. The number of nitrogens with one attached hydrogen (secondary N) is 1. The van der Waals surface area contributed by atoms with Crippen molar-refractivity contribution in [3.05, 3.63) is 12.2 Å². The summed E-state index contributed by atoms with van der Waals surface area (Å²) in [4.78, 5) is 36.5. The first-order valence-electron chi connectivity index (χ1n) is 11.5. The van der Waals surface area contributed by atoms with Crippen molar-refractivity contribution in [2.24, 2.45) is 0 Å². The van der Waals surface area contributed by atoms with Crippen molar-refractivity contribution in [2.75, 3.05) is 25.6 Å². The molecule has 12 nitrogen and oxygen atoms in total. The van der Waals surface area contributed by atoms with Gasteiger partial charge in [0.2, 0.25) is 5.82 Å². The van der Waals surface area contributed by atoms with Gasteiger partial charge in [0.05, 0.1) is 12.4 Å². The lowest BCUT2D eigenvalue weighted by Gasteiger charge is -2.28. The number of carbonyl (C=O) groups is 2. The summed E-state index contributed by atoms with van der Waals surface area (Å²) in [7, 11) is 3.94. The normalized spacial score (nSPS) is 14.2. The second-order valence-corrected chi connectivity index (χ2v) is 9.62. The summed E-state index contributed by atoms with van der Waals surface area (Å²) in [5.41, 5.74) is 2.36. The van der Waals surface area contributed by atoms with E-state index >= 15 is 0 Å². The van der Waals surface area contributed by atoms with E-state index in [1.54, 1.807) is 6.33 Å². The Balaban J connectivity index is 0.000000371. The molecule has 1 saturated carbocycles. The highest BCUT2D eigenvalue weighted by molar-refractivity contribution is 5.85. The van der Waals surface area contributed by atoms with Gasteiger partial charge in [0.15, 0.2) is 17.0 Å². The number of ether oxygens (including phenoxy) is 1. The topological polar surface area (TPSA) is 150 Å². The molecule has 0 spiro atoms. The number of carboxylic acid groups (broad SMARTS) is 1. The number of nitrogens with zero attached hydrogens (tertiary/aromatic N) is 7. The van der Waals surface area contributed by atoms with E-state index in [1.807, 2.05) is 29.6 Å². The van der Waals surface area contributed by atoms with Crippen molar-refractivity contribution in [3.63, 3.8) is 0 Å². The molecule has 37 heavy (non-hydrogen) atoms. The number of hydrazine groups is 1. The SMILES string of the molecule is CC(C)(C)OC(=O)C(F)(F)F.CN(C)CCn1cnc2c(N(NC(=O)O)C3CCCC3)nc(C#N)nc21. The van der Waals surface area contributed by atoms with Crippen LogP contribution in [0.25, 0.3) is 11.2 Å². The molecular weight excluding hydrogens is 497 g/mol. The third-order valence-corrected chi connectivity index (χ3v) is 5.10. The lowest BCUT2D eigenvalue weighted by molar-refractivity contribution is -0.210. The molecule has 3 rings (SSSR count). The molecule has 2 N–H and O–H groups in total. The summed E-state index contributed by atoms with van der Waals surface area (Å²) in [6.07, 6.45) is -0.648. The Bertz CT molecular complexity index is 1130. The molecule has 204 valence electrons. The fourth-order valence-corrected chi connectivity index (χ4v) is 3.54. The molecule has 1 aliphatic carbocycles. The van der Waals surface area contributed by atoms with Gasteiger partial charge in [0.25, 0.3) is 0 Å². The maximum atomic E-state index is 11.5. The summed E-state index contributed by atoms with van der Waals surface area (Å²) in [6.45, 7) is 5.55. The number of nitriles is 1. The van der Waals surface area contributed by atoms with Crippen molar-refractivity contribution >= 4 is 29.0 Å². The molecule has 0 bridgehead atoms. The van der Waals surface area contributed by atoms with E-state index in [0.29, 0.717) is 23.5 Å². The summed E-state index contributed by atoms with van der Waals surface area (Å²) in [6, 6.07) is 1.95. The second-order valence-electron chi connectivity index (χ2n) is 9.62. The van der Waals surface area contributed by atoms with E-state index in [0.717, 1.165) is 32.2 Å². The van der Waals surface area contributed by atoms with Gasteiger partial charge in [-0.3, -0.25) is 5.01 Å². The van der Waals surface area contributed by atoms with Crippen LogP contribution in [0.15, 0.2) is 6.33 Å². The molecular formula is C22H31F3N8O4. The van der Waals surface area contributed by atoms with Crippen LogP contribution in [0.3, 0.4) is 0 Å². The Hall–Kier alpha value is -3.67. The Labute approximate surface area is 212 Å². The number of rotatable bonds is 6. The zero-order valence-electron chi connectivity index (χ0n) is 21.3. The van der Waals surface area contributed by atoms with Crippen molar-refractivity contribution in [1.29, 1.82) is 5.26 Å². The van der Waals surface area contributed by atoms with Crippen LogP contribution in [0, 0.1) is 11.3 Å². The molecule has 0 atom stereocenters. The second kappa shape index (κ2) is 12.0. The minimum Gasteiger partial charge on any atom is -0.464 e. The van der Waals surface area contributed by atoms with Crippen molar-refractivity contribution < 1.29 is 32.6 Å². The first-order valence-corrected chi connectivity index (χ1v) is 11.5. The Morgan fingerprint density at radius 3 is 2.32 bits per heavy atom. The predicted octanol–water partition coefficient (Wildman–Crippen LogP) is 3.08. The van der Waals surface area contributed by atoms with Gasteiger partial charge in [-0.25, -0.2) is 20.0 Å². The highest BCUT2D eigenvalue weighted by Crippen LogP contribution is 2.29. The number of imidazole rings is 1. The maximum Gasteiger partial charge on any atom is 0.490 e. The lowest BCUT2D eigenvalue weighted by atomic mass is 10.2. The number of fused-ring (bicyclic) bond motifs is 1. The van der Waals surface area contributed by atoms with Crippen LogP contribution in [0.4, 0.5) is 23.8 Å². The molecule has 0 unspecified atom stereocenters. The highest BCUT2D eigenvalue weighted by atomic mass is 19.4. The zero-order chi connectivity index (χ0) is 28.0. The summed E-state index contributed by atoms with van der Waals surface area (Å²) in [5, 5.41) is 20.1. The van der Waals surface area contributed by atoms with Gasteiger partial charge >= 0.3 is 18.2 Å². The molecule has 0 aliphatic heterocycles. The largest absolute Gasteiger partial charge is 0.490 e. The number of esters is 1. The average molecular weight is 529 g/mol. The fraction of sp³-hybridized carbons (Fsp3) is 0.636. The first-order chi connectivity index (χ1) is 17.1. The van der Waals surface area contributed by atoms with E-state index in [1.165, 1.54) is 25.8 Å². The number of likely N-dealkylation sites (N-methyl/N-ethyl adjacent to an activating group) is 1. The van der Waals surface area contributed by atoms with Crippen molar-refractivity contribution in [2.45, 2.75) is 70.8 Å². The highest BCUT2D eigenvalue weighted by Gasteiger charge is 2.42. The third-order valence-electron chi connectivity index (χ3n) is 5.10. The fourth-order valence-electron chi connectivity index (χ4n) is 3.54. The van der Waals surface area contributed by atoms with Crippen LogP contribution in [-0.2, 0) is 16.1 Å². The monoisotopic (exact) mass is 528 g/mol. The van der Waals surface area contributed by atoms with Gasteiger partial charge in [0.1, 0.15) is 11.7 Å². The van der Waals surface area contributed by atoms with Crippen LogP contribution < -0.4 is 10.4 Å². The number of hydrogen-bond donors (Lipinski definition) is 2. The van der Waals surface area contributed by atoms with Gasteiger partial charge < -0.3 is 19.3 Å². The van der Waals surface area contributed by atoms with E-state index in [2.05, 4.69) is 25.1 Å². The molecule has 1 aliphatic rings. The molecule has 0 radical (unpaired) electrons. The molecule has 0 saturated heterocycles. The summed E-state index contributed by atoms with van der Waals surface area (Å²) >= 11 is 0. The number of alkyl halides is 3. The number of amides is 1. The number of carbonyl (C=O) groups excluding carboxylic acids is 1. The quantitative estimate of drug-likeness (QED) is 0.423. The molecule has 2 aromatic heterocycles. The lowest BCUT2D eigenvalue weighted by Crippen LogP contribution is -2.48. The van der Waals surface area contributed by atoms with Gasteiger partial charge in [-0.05, 0) is 47.7 Å². The predicted molar refractivity (Wildman–Crippen MR) is 126 cm³/mol. The number of hydrogen-bond acceptors (Lipinski definition) is 9. The van der Waals surface area contributed by atoms with E-state index < -0.39 is 23.8 Å². The molecule has 2 aromatic rings. The van der Waals surface area contributed by atoms with Crippen LogP contribution in [0.1, 0.15) is 52.3 Å². The number of halogens is 3. The Morgan fingerprint density at radius 1 is 1.24 bits per heavy atom. The average Bonchev–Trinajstić information content (AvgIpc) is 3.44. The molecule has 1 amide bonds. The van der Waals surface area contributed by atoms with Gasteiger partial charge in [0, 0.05) is 13.1 Å². The van der Waals surface area contributed by atoms with Crippen molar-refractivity contribution in [3.8, 4) is 6.07 Å². The number of anilines is 1. The minimum atomic E-state index is -4.90. The van der Waals surface area contributed by atoms with Crippen molar-refractivity contribution in [1.82, 2.24) is 29.8 Å². The first kappa shape index (κ1) is 29.6. The van der Waals surface area contributed by atoms with E-state index in [9.17, 15) is 33.1 Å². The van der Waals surface area contributed by atoms with Crippen LogP contribution in [-0.4, -0.2) is 80.0 Å². The van der Waals surface area contributed by atoms with Gasteiger partial charge in [-0.1, -0.05) is 12.8 Å². The van der Waals surface area contributed by atoms with Crippen LogP contribution >= 0.6 is 0 Å². The minimum absolute atomic E-state index is 0.00529. The standard InChI is InChI=1S/C16H22N8O2.C6H9F3O2/c1-22(2)7-8-23-10-18-13-14(23)19-12(9-17)20-15(13)24(21-16(25)26)11-5-3-4-6-11;1-5(2,3)11-4(10)6(7,8)9/h10-11,21H,3-8H2,1-2H3,(H,25,26);1-3H3. The summed E-state index contributed by atoms with van der Waals surface area (Å²) in [5.74, 6) is -1.82. The zero-order valence-corrected chi connectivity index (χ0v) is 21.3. The molecule has 2 heterocycles. The number of aromatic nitrogens is 4. The van der Waals surface area contributed by atoms with Crippen LogP contribution in [0.2, 0.25) is 0 Å². The maximum absolute atomic E-state index is 11.5. The summed E-state index contributed by atoms with van der Waals surface area (Å²) < 4.78 is 40.4. The third kappa shape index (κ3) is 8.74. The smallest absolute Gasteiger partial charge is 0.464 e. The van der Waals surface area contributed by atoms with Crippen LogP contribution in [0.5, 0.6) is 0 Å². The van der Waals surface area contributed by atoms with E-state index in [-0.39, 0.29) is 11.9 Å². The Morgan fingerprint density at radius 2 is 1.86 bits per heavy atom. The van der Waals surface area contributed by atoms with Gasteiger partial charge in [-0.2, -0.15) is 28.4 Å². The van der Waals surface area contributed by atoms with Gasteiger partial charge in [-0.15, -0.1) is 0 Å². The molecule has 1 fully saturated rings.